The smallest absolute Gasteiger partial charge is 0.307 e. The number of halogens is 1. The largest absolute Gasteiger partial charge is 0.460 e. The Kier molecular flexibility index (Phi) is 16.4. The molecule has 0 amide bonds. The van der Waals surface area contributed by atoms with Crippen molar-refractivity contribution < 1.29 is 9.53 Å². The van der Waals surface area contributed by atoms with Gasteiger partial charge in [-0.2, -0.15) is 12.6 Å². The molecule has 4 heteroatoms. The molecule has 0 rings (SSSR count). The second kappa shape index (κ2) is 16.7. The fourth-order valence-corrected chi connectivity index (χ4v) is 2.97. The highest BCUT2D eigenvalue weighted by Gasteiger charge is 2.18. The highest BCUT2D eigenvalue weighted by molar-refractivity contribution is 9.09. The van der Waals surface area contributed by atoms with E-state index in [4.69, 9.17) is 4.74 Å². The molecule has 0 N–H and O–H groups in total. The zero-order valence-electron chi connectivity index (χ0n) is 16.8. The first-order chi connectivity index (χ1) is 12.3. The van der Waals surface area contributed by atoms with Gasteiger partial charge in [0.2, 0.25) is 0 Å². The third-order valence-corrected chi connectivity index (χ3v) is 4.54. The highest BCUT2D eigenvalue weighted by atomic mass is 79.9. The second-order valence-electron chi connectivity index (χ2n) is 7.45. The van der Waals surface area contributed by atoms with Crippen molar-refractivity contribution >= 4 is 34.5 Å². The third-order valence-electron chi connectivity index (χ3n) is 3.54. The van der Waals surface area contributed by atoms with Crippen LogP contribution >= 0.6 is 28.6 Å². The molecule has 0 aromatic carbocycles. The van der Waals surface area contributed by atoms with Crippen molar-refractivity contribution in [3.63, 3.8) is 0 Å². The molecule has 0 radical (unpaired) electrons. The number of rotatable bonds is 14. The zero-order valence-corrected chi connectivity index (χ0v) is 19.2. The molecule has 1 atom stereocenters. The molecule has 1 unspecified atom stereocenters. The van der Waals surface area contributed by atoms with Gasteiger partial charge in [-0.15, -0.1) is 0 Å². The Morgan fingerprint density at radius 2 is 1.54 bits per heavy atom. The van der Waals surface area contributed by atoms with Gasteiger partial charge in [0.25, 0.3) is 0 Å². The Bertz CT molecular complexity index is 436. The maximum Gasteiger partial charge on any atom is 0.307 e. The summed E-state index contributed by atoms with van der Waals surface area (Å²) in [5.41, 5.74) is -0.417. The molecule has 0 spiro atoms. The Morgan fingerprint density at radius 1 is 0.962 bits per heavy atom. The van der Waals surface area contributed by atoms with Crippen LogP contribution in [0.2, 0.25) is 0 Å². The van der Waals surface area contributed by atoms with E-state index in [9.17, 15) is 4.79 Å². The fraction of sp³-hybridized carbons (Fsp3) is 0.682. The van der Waals surface area contributed by atoms with Gasteiger partial charge >= 0.3 is 5.97 Å². The summed E-state index contributed by atoms with van der Waals surface area (Å²) in [5.74, 6) is -0.166. The van der Waals surface area contributed by atoms with Crippen LogP contribution in [0.15, 0.2) is 36.5 Å². The van der Waals surface area contributed by atoms with Crippen molar-refractivity contribution in [2.45, 2.75) is 89.4 Å². The number of unbranched alkanes of at least 4 members (excludes halogenated alkanes) is 3. The molecule has 150 valence electrons. The van der Waals surface area contributed by atoms with E-state index in [-0.39, 0.29) is 11.2 Å². The average molecular weight is 446 g/mol. The molecular formula is C22H37BrO2S. The Labute approximate surface area is 175 Å². The first-order valence-electron chi connectivity index (χ1n) is 9.76. The van der Waals surface area contributed by atoms with E-state index in [0.717, 1.165) is 31.0 Å². The first-order valence-corrected chi connectivity index (χ1v) is 11.4. The Balaban J connectivity index is 3.62. The summed E-state index contributed by atoms with van der Waals surface area (Å²) in [6, 6.07) is 0. The van der Waals surface area contributed by atoms with Gasteiger partial charge in [-0.1, -0.05) is 58.8 Å². The van der Waals surface area contributed by atoms with Crippen LogP contribution in [0.3, 0.4) is 0 Å². The lowest BCUT2D eigenvalue weighted by Gasteiger charge is -2.20. The van der Waals surface area contributed by atoms with Gasteiger partial charge in [0.05, 0.1) is 6.42 Å². The summed E-state index contributed by atoms with van der Waals surface area (Å²) in [4.78, 5) is 11.7. The van der Waals surface area contributed by atoms with Gasteiger partial charge < -0.3 is 4.74 Å². The number of allylic oxidation sites excluding steroid dienone is 6. The Morgan fingerprint density at radius 3 is 2.12 bits per heavy atom. The fourth-order valence-electron chi connectivity index (χ4n) is 2.28. The number of carbonyl (C=O) groups is 1. The summed E-state index contributed by atoms with van der Waals surface area (Å²) < 4.78 is 5.31. The SMILES string of the molecule is CC(C)(C)OC(=O)CC(S)CC/C=C/C/C=C/C/C=C/CCCCCBr. The van der Waals surface area contributed by atoms with Crippen molar-refractivity contribution in [2.75, 3.05) is 5.33 Å². The third kappa shape index (κ3) is 19.8. The lowest BCUT2D eigenvalue weighted by Crippen LogP contribution is -2.25. The van der Waals surface area contributed by atoms with Gasteiger partial charge in [-0.3, -0.25) is 4.79 Å². The minimum atomic E-state index is -0.417. The molecule has 0 saturated heterocycles. The van der Waals surface area contributed by atoms with Crippen LogP contribution in [0.1, 0.15) is 78.6 Å². The monoisotopic (exact) mass is 444 g/mol. The molecule has 0 aromatic heterocycles. The molecule has 0 aliphatic carbocycles. The van der Waals surface area contributed by atoms with Crippen LogP contribution in [0.4, 0.5) is 0 Å². The van der Waals surface area contributed by atoms with E-state index in [0.29, 0.717) is 6.42 Å². The van der Waals surface area contributed by atoms with E-state index in [2.05, 4.69) is 65.0 Å². The number of alkyl halides is 1. The molecule has 0 aliphatic heterocycles. The van der Waals surface area contributed by atoms with Crippen molar-refractivity contribution in [2.24, 2.45) is 0 Å². The summed E-state index contributed by atoms with van der Waals surface area (Å²) >= 11 is 7.93. The molecule has 0 fully saturated rings. The number of hydrogen-bond acceptors (Lipinski definition) is 3. The lowest BCUT2D eigenvalue weighted by molar-refractivity contribution is -0.154. The Hall–Kier alpha value is -0.480. The number of hydrogen-bond donors (Lipinski definition) is 1. The second-order valence-corrected chi connectivity index (χ2v) is 8.97. The molecule has 0 bridgehead atoms. The van der Waals surface area contributed by atoms with Gasteiger partial charge in [-0.25, -0.2) is 0 Å². The van der Waals surface area contributed by atoms with Crippen molar-refractivity contribution in [1.29, 1.82) is 0 Å². The number of esters is 1. The predicted molar refractivity (Wildman–Crippen MR) is 121 cm³/mol. The van der Waals surface area contributed by atoms with Gasteiger partial charge in [0, 0.05) is 10.6 Å². The first kappa shape index (κ1) is 25.5. The molecule has 0 aromatic rings. The minimum Gasteiger partial charge on any atom is -0.460 e. The van der Waals surface area contributed by atoms with Crippen LogP contribution < -0.4 is 0 Å². The summed E-state index contributed by atoms with van der Waals surface area (Å²) in [7, 11) is 0. The quantitative estimate of drug-likeness (QED) is 0.101. The van der Waals surface area contributed by atoms with E-state index in [1.54, 1.807) is 0 Å². The van der Waals surface area contributed by atoms with Crippen molar-refractivity contribution in [3.05, 3.63) is 36.5 Å². The highest BCUT2D eigenvalue weighted by Crippen LogP contribution is 2.15. The van der Waals surface area contributed by atoms with E-state index >= 15 is 0 Å². The minimum absolute atomic E-state index is 0.0599. The standard InChI is InChI=1S/C22H37BrO2S/c1-22(2,3)25-21(24)19-20(26)17-15-13-11-9-7-5-4-6-8-10-12-14-16-18-23/h5-8,11,13,20,26H,4,9-10,12,14-19H2,1-3H3/b7-5+,8-6+,13-11+. The zero-order chi connectivity index (χ0) is 19.7. The van der Waals surface area contributed by atoms with Crippen LogP contribution in [0.5, 0.6) is 0 Å². The molecule has 0 heterocycles. The topological polar surface area (TPSA) is 26.3 Å². The molecule has 0 saturated carbocycles. The van der Waals surface area contributed by atoms with Crippen molar-refractivity contribution in [3.8, 4) is 0 Å². The summed E-state index contributed by atoms with van der Waals surface area (Å²) in [6.45, 7) is 5.66. The van der Waals surface area contributed by atoms with E-state index in [1.165, 1.54) is 25.7 Å². The van der Waals surface area contributed by atoms with Crippen LogP contribution in [-0.4, -0.2) is 22.2 Å². The summed E-state index contributed by atoms with van der Waals surface area (Å²) in [5, 5.41) is 1.18. The van der Waals surface area contributed by atoms with Crippen LogP contribution in [-0.2, 0) is 9.53 Å². The van der Waals surface area contributed by atoms with Gasteiger partial charge in [0.15, 0.2) is 0 Å². The maximum absolute atomic E-state index is 11.7. The average Bonchev–Trinajstić information content (AvgIpc) is 2.53. The van der Waals surface area contributed by atoms with Gasteiger partial charge in [0.1, 0.15) is 5.60 Å². The molecule has 26 heavy (non-hydrogen) atoms. The molecular weight excluding hydrogens is 408 g/mol. The summed E-state index contributed by atoms with van der Waals surface area (Å²) in [6.07, 6.45) is 22.5. The molecule has 2 nitrogen and oxygen atoms in total. The normalized spacial score (nSPS) is 13.9. The van der Waals surface area contributed by atoms with Gasteiger partial charge in [-0.05, 0) is 65.7 Å². The van der Waals surface area contributed by atoms with Crippen LogP contribution in [0, 0.1) is 0 Å². The number of ether oxygens (including phenoxy) is 1. The molecule has 0 aliphatic rings. The van der Waals surface area contributed by atoms with Crippen molar-refractivity contribution in [1.82, 2.24) is 0 Å². The number of thiol groups is 1. The predicted octanol–water partition coefficient (Wildman–Crippen LogP) is 7.20. The van der Waals surface area contributed by atoms with E-state index < -0.39 is 5.60 Å². The van der Waals surface area contributed by atoms with Crippen LogP contribution in [0.25, 0.3) is 0 Å². The maximum atomic E-state index is 11.7. The lowest BCUT2D eigenvalue weighted by atomic mass is 10.1. The number of carbonyl (C=O) groups excluding carboxylic acids is 1. The van der Waals surface area contributed by atoms with E-state index in [1.807, 2.05) is 20.8 Å².